The molecule has 1 aromatic heterocycles. The van der Waals surface area contributed by atoms with Crippen LogP contribution in [0, 0.1) is 5.82 Å². The van der Waals surface area contributed by atoms with Crippen LogP contribution in [0.4, 0.5) is 4.39 Å². The van der Waals surface area contributed by atoms with Crippen molar-refractivity contribution in [3.05, 3.63) is 53.7 Å². The molecule has 2 fully saturated rings. The fraction of sp³-hybridized carbons (Fsp3) is 0.545. The van der Waals surface area contributed by atoms with Crippen LogP contribution in [0.1, 0.15) is 24.1 Å². The number of benzene rings is 1. The van der Waals surface area contributed by atoms with E-state index in [4.69, 9.17) is 9.26 Å². The van der Waals surface area contributed by atoms with Crippen molar-refractivity contribution >= 4 is 29.9 Å². The van der Waals surface area contributed by atoms with Gasteiger partial charge in [0.15, 0.2) is 5.96 Å². The molecular formula is C22H31FIN5O2. The third-order valence-corrected chi connectivity index (χ3v) is 6.25. The van der Waals surface area contributed by atoms with E-state index in [1.54, 1.807) is 18.4 Å². The van der Waals surface area contributed by atoms with Crippen LogP contribution in [-0.2, 0) is 16.7 Å². The number of aliphatic imine (C=N–C) groups is 1. The standard InChI is InChI=1S/C22H30FN5O2.HI/c1-24-21(28-11-9-27(10-12-28)16-20-6-13-30-26-20)25-17-22(7-14-29-15-8-22)18-2-4-19(23)5-3-18;/h2-6,13H,7-12,14-17H2,1H3,(H,24,25);1H. The minimum absolute atomic E-state index is 0. The van der Waals surface area contributed by atoms with E-state index in [1.807, 2.05) is 25.2 Å². The zero-order chi connectivity index (χ0) is 20.8. The smallest absolute Gasteiger partial charge is 0.193 e. The van der Waals surface area contributed by atoms with Crippen molar-refractivity contribution in [1.29, 1.82) is 0 Å². The Morgan fingerprint density at radius 2 is 1.84 bits per heavy atom. The van der Waals surface area contributed by atoms with Gasteiger partial charge < -0.3 is 19.5 Å². The Hall–Kier alpha value is -1.72. The molecule has 1 N–H and O–H groups in total. The van der Waals surface area contributed by atoms with Crippen molar-refractivity contribution in [3.8, 4) is 0 Å². The Bertz CT molecular complexity index is 817. The first kappa shape index (κ1) is 23.9. The lowest BCUT2D eigenvalue weighted by Crippen LogP contribution is -2.54. The third-order valence-electron chi connectivity index (χ3n) is 6.25. The van der Waals surface area contributed by atoms with Gasteiger partial charge in [0, 0.05) is 71.0 Å². The molecule has 2 aromatic rings. The topological polar surface area (TPSA) is 66.1 Å². The average Bonchev–Trinajstić information content (AvgIpc) is 3.29. The van der Waals surface area contributed by atoms with E-state index in [-0.39, 0.29) is 35.2 Å². The molecule has 4 rings (SSSR count). The van der Waals surface area contributed by atoms with Gasteiger partial charge in [0.1, 0.15) is 12.1 Å². The number of nitrogens with one attached hydrogen (secondary N) is 1. The first-order valence-electron chi connectivity index (χ1n) is 10.6. The molecule has 3 heterocycles. The monoisotopic (exact) mass is 543 g/mol. The van der Waals surface area contributed by atoms with Crippen molar-refractivity contribution in [2.45, 2.75) is 24.8 Å². The Labute approximate surface area is 200 Å². The van der Waals surface area contributed by atoms with Crippen molar-refractivity contribution in [2.75, 3.05) is 53.0 Å². The lowest BCUT2D eigenvalue weighted by atomic mass is 9.74. The minimum atomic E-state index is -0.201. The van der Waals surface area contributed by atoms with Gasteiger partial charge in [-0.1, -0.05) is 17.3 Å². The van der Waals surface area contributed by atoms with Crippen LogP contribution < -0.4 is 5.32 Å². The highest BCUT2D eigenvalue weighted by Gasteiger charge is 2.35. The van der Waals surface area contributed by atoms with E-state index in [0.29, 0.717) is 0 Å². The summed E-state index contributed by atoms with van der Waals surface area (Å²) in [5.74, 6) is 0.720. The Morgan fingerprint density at radius 3 is 2.45 bits per heavy atom. The largest absolute Gasteiger partial charge is 0.381 e. The maximum absolute atomic E-state index is 13.5. The molecular weight excluding hydrogens is 512 g/mol. The molecule has 0 unspecified atom stereocenters. The molecule has 0 bridgehead atoms. The fourth-order valence-electron chi connectivity index (χ4n) is 4.38. The van der Waals surface area contributed by atoms with Crippen LogP contribution >= 0.6 is 24.0 Å². The predicted octanol–water partition coefficient (Wildman–Crippen LogP) is 2.87. The summed E-state index contributed by atoms with van der Waals surface area (Å²) in [6.45, 7) is 6.72. The molecule has 0 spiro atoms. The number of rotatable bonds is 5. The lowest BCUT2D eigenvalue weighted by molar-refractivity contribution is 0.0510. The van der Waals surface area contributed by atoms with Crippen LogP contribution in [-0.4, -0.2) is 73.9 Å². The molecule has 0 radical (unpaired) electrons. The number of piperazine rings is 1. The first-order valence-corrected chi connectivity index (χ1v) is 10.6. The predicted molar refractivity (Wildman–Crippen MR) is 128 cm³/mol. The molecule has 9 heteroatoms. The van der Waals surface area contributed by atoms with Gasteiger partial charge >= 0.3 is 0 Å². The molecule has 2 aliphatic heterocycles. The second-order valence-electron chi connectivity index (χ2n) is 8.05. The number of aromatic nitrogens is 1. The zero-order valence-corrected chi connectivity index (χ0v) is 20.3. The molecule has 0 saturated carbocycles. The molecule has 7 nitrogen and oxygen atoms in total. The van der Waals surface area contributed by atoms with Crippen LogP contribution in [0.2, 0.25) is 0 Å². The van der Waals surface area contributed by atoms with Crippen LogP contribution in [0.3, 0.4) is 0 Å². The van der Waals surface area contributed by atoms with E-state index in [9.17, 15) is 4.39 Å². The Morgan fingerprint density at radius 1 is 1.13 bits per heavy atom. The maximum atomic E-state index is 13.5. The van der Waals surface area contributed by atoms with Crippen molar-refractivity contribution in [1.82, 2.24) is 20.3 Å². The van der Waals surface area contributed by atoms with Gasteiger partial charge in [-0.05, 0) is 30.5 Å². The summed E-state index contributed by atoms with van der Waals surface area (Å²) in [7, 11) is 1.83. The van der Waals surface area contributed by atoms with Crippen molar-refractivity contribution < 1.29 is 13.7 Å². The van der Waals surface area contributed by atoms with E-state index in [1.165, 1.54) is 0 Å². The molecule has 0 aliphatic carbocycles. The van der Waals surface area contributed by atoms with Crippen LogP contribution in [0.15, 0.2) is 46.1 Å². The highest BCUT2D eigenvalue weighted by Crippen LogP contribution is 2.34. The number of hydrogen-bond donors (Lipinski definition) is 1. The first-order chi connectivity index (χ1) is 14.7. The Balaban J connectivity index is 0.00000272. The molecule has 0 amide bonds. The number of guanidine groups is 1. The summed E-state index contributed by atoms with van der Waals surface area (Å²) >= 11 is 0. The van der Waals surface area contributed by atoms with E-state index >= 15 is 0 Å². The minimum Gasteiger partial charge on any atom is -0.381 e. The highest BCUT2D eigenvalue weighted by atomic mass is 127. The summed E-state index contributed by atoms with van der Waals surface area (Å²) in [5.41, 5.74) is 2.05. The van der Waals surface area contributed by atoms with E-state index < -0.39 is 0 Å². The molecule has 0 atom stereocenters. The fourth-order valence-corrected chi connectivity index (χ4v) is 4.38. The van der Waals surface area contributed by atoms with E-state index in [2.05, 4.69) is 25.3 Å². The van der Waals surface area contributed by atoms with E-state index in [0.717, 1.165) is 82.5 Å². The molecule has 1 aromatic carbocycles. The molecule has 2 aliphatic rings. The SMILES string of the molecule is CN=C(NCC1(c2ccc(F)cc2)CCOCC1)N1CCN(Cc2ccon2)CC1.I. The summed E-state index contributed by atoms with van der Waals surface area (Å²) < 4.78 is 24.0. The van der Waals surface area contributed by atoms with Crippen molar-refractivity contribution in [2.24, 2.45) is 4.99 Å². The molecule has 170 valence electrons. The molecule has 31 heavy (non-hydrogen) atoms. The summed E-state index contributed by atoms with van der Waals surface area (Å²) in [6.07, 6.45) is 3.44. The Kier molecular flexibility index (Phi) is 8.67. The van der Waals surface area contributed by atoms with Gasteiger partial charge in [0.05, 0.1) is 5.69 Å². The van der Waals surface area contributed by atoms with Gasteiger partial charge in [-0.25, -0.2) is 4.39 Å². The molecule has 2 saturated heterocycles. The number of ether oxygens (including phenoxy) is 1. The van der Waals surface area contributed by atoms with Gasteiger partial charge in [-0.15, -0.1) is 24.0 Å². The van der Waals surface area contributed by atoms with Gasteiger partial charge in [0.2, 0.25) is 0 Å². The number of nitrogens with zero attached hydrogens (tertiary/aromatic N) is 4. The summed E-state index contributed by atoms with van der Waals surface area (Å²) in [5, 5.41) is 7.61. The van der Waals surface area contributed by atoms with Gasteiger partial charge in [-0.2, -0.15) is 0 Å². The number of hydrogen-bond acceptors (Lipinski definition) is 5. The zero-order valence-electron chi connectivity index (χ0n) is 17.9. The second kappa shape index (κ2) is 11.2. The van der Waals surface area contributed by atoms with Crippen molar-refractivity contribution in [3.63, 3.8) is 0 Å². The summed E-state index contributed by atoms with van der Waals surface area (Å²) in [6, 6.07) is 8.84. The summed E-state index contributed by atoms with van der Waals surface area (Å²) in [4.78, 5) is 9.21. The normalized spacial score (nSPS) is 19.7. The highest BCUT2D eigenvalue weighted by molar-refractivity contribution is 14.0. The lowest BCUT2D eigenvalue weighted by Gasteiger charge is -2.40. The van der Waals surface area contributed by atoms with Crippen LogP contribution in [0.5, 0.6) is 0 Å². The second-order valence-corrected chi connectivity index (χ2v) is 8.05. The maximum Gasteiger partial charge on any atom is 0.193 e. The van der Waals surface area contributed by atoms with Gasteiger partial charge in [0.25, 0.3) is 0 Å². The number of halogens is 2. The third kappa shape index (κ3) is 5.95. The average molecular weight is 543 g/mol. The van der Waals surface area contributed by atoms with Crippen LogP contribution in [0.25, 0.3) is 0 Å². The van der Waals surface area contributed by atoms with Gasteiger partial charge in [-0.3, -0.25) is 9.89 Å². The quantitative estimate of drug-likeness (QED) is 0.356.